The van der Waals surface area contributed by atoms with Gasteiger partial charge in [0.15, 0.2) is 56.6 Å². The van der Waals surface area contributed by atoms with Crippen molar-refractivity contribution in [2.45, 2.75) is 323 Å². The molecule has 32 aliphatic heterocycles. The summed E-state index contributed by atoms with van der Waals surface area (Å²) in [7, 11) is 0. The molecule has 1 aromatic heterocycles. The van der Waals surface area contributed by atoms with E-state index in [1.54, 1.807) is 37.3 Å². The van der Waals surface area contributed by atoms with E-state index < -0.39 is 340 Å². The minimum absolute atomic E-state index is 0.135. The lowest BCUT2D eigenvalue weighted by atomic mass is 9.83. The Kier molecular flexibility index (Phi) is 32.7. The van der Waals surface area contributed by atoms with Crippen LogP contribution in [0.1, 0.15) is 63.7 Å². The van der Waals surface area contributed by atoms with Crippen molar-refractivity contribution in [2.75, 3.05) is 52.9 Å². The molecule has 24 N–H and O–H groups in total. The van der Waals surface area contributed by atoms with Gasteiger partial charge in [0.1, 0.15) is 202 Å². The van der Waals surface area contributed by atoms with E-state index >= 15 is 0 Å². The first-order valence-corrected chi connectivity index (χ1v) is 41.9. The number of carbonyl (C=O) groups excluding carboxylic acids is 2. The normalized spacial score (nSPS) is 47.5. The number of Topliss-reactive ketones (excluding diaryl/α,β-unsaturated/α-hetero) is 1. The lowest BCUT2D eigenvalue weighted by molar-refractivity contribution is -0.447. The fraction of sp³-hybridized carbons (Fsp3) is 0.842. The van der Waals surface area contributed by atoms with E-state index in [-0.39, 0.29) is 25.0 Å². The van der Waals surface area contributed by atoms with Crippen molar-refractivity contribution in [3.8, 4) is 0 Å². The molecule has 0 radical (unpaired) electrons. The highest BCUT2D eigenvalue weighted by Gasteiger charge is 2.64. The van der Waals surface area contributed by atoms with Crippen LogP contribution < -0.4 is 0 Å². The summed E-state index contributed by atoms with van der Waals surface area (Å²) in [5.74, 6) is -3.25. The van der Waals surface area contributed by atoms with Crippen molar-refractivity contribution in [3.05, 3.63) is 46.3 Å². The number of thiophene rings is 1. The SMILES string of the molecule is CC1(C)C(=O)C(C/C=C\CCCC(=O)OCC2OC3OC4C(CO)OC(OC5C(CO)OC(OC6C(CO)OC(OC7C(CO)OC(OC8C(CO)OC(OC9C(CO)OC(OC%10C(CO)OC(OC%11OC(C3O)C2%11)C(O)C%10O)C(O)C9O)C(O)C8O)C(O)C7O)C(O)C6O)C(O)C5O)C(O)C4O)C(CCC(O)CCc2sc3ccccc3c2Cl)C1O. The summed E-state index contributed by atoms with van der Waals surface area (Å²) in [5, 5.41) is 273. The van der Waals surface area contributed by atoms with E-state index in [0.29, 0.717) is 37.1 Å². The number of halogens is 1. The molecule has 35 rings (SSSR count). The zero-order valence-corrected chi connectivity index (χ0v) is 67.5. The van der Waals surface area contributed by atoms with Crippen LogP contribution >= 0.6 is 22.9 Å². The molecule has 33 heterocycles. The highest BCUT2D eigenvalue weighted by Crippen LogP contribution is 2.49. The molecular weight excluding hydrogens is 1680 g/mol. The van der Waals surface area contributed by atoms with Crippen LogP contribution in [0.2, 0.25) is 5.02 Å². The van der Waals surface area contributed by atoms with Crippen LogP contribution in [0.5, 0.6) is 0 Å². The van der Waals surface area contributed by atoms with E-state index in [1.165, 1.54) is 0 Å². The summed E-state index contributed by atoms with van der Waals surface area (Å²) in [6.07, 6.45) is -76.7. The Morgan fingerprint density at radius 2 is 0.770 bits per heavy atom. The number of hydrogen-bond donors (Lipinski definition) is 24. The van der Waals surface area contributed by atoms with Gasteiger partial charge in [0.25, 0.3) is 0 Å². The molecule has 0 amide bonds. The van der Waals surface area contributed by atoms with E-state index in [1.807, 2.05) is 24.3 Å². The van der Waals surface area contributed by atoms with Gasteiger partial charge in [-0.25, -0.2) is 0 Å². The predicted molar refractivity (Wildman–Crippen MR) is 397 cm³/mol. The van der Waals surface area contributed by atoms with Gasteiger partial charge in [-0.05, 0) is 56.9 Å². The van der Waals surface area contributed by atoms with E-state index in [0.717, 1.165) is 15.0 Å². The number of carbonyl (C=O) groups is 2. The minimum atomic E-state index is -2.28. The molecule has 0 spiro atoms. The van der Waals surface area contributed by atoms with Crippen LogP contribution in [0.15, 0.2) is 36.4 Å². The Hall–Kier alpha value is -3.29. The van der Waals surface area contributed by atoms with E-state index in [4.69, 9.17) is 96.9 Å². The topological polar surface area (TPSA) is 686 Å². The van der Waals surface area contributed by atoms with Crippen LogP contribution in [0.4, 0.5) is 0 Å². The lowest BCUT2D eigenvalue weighted by Crippen LogP contribution is -2.71. The fourth-order valence-corrected chi connectivity index (χ4v) is 19.3. The second kappa shape index (κ2) is 41.4. The maximum absolute atomic E-state index is 13.8. The van der Waals surface area contributed by atoms with E-state index in [9.17, 15) is 132 Å². The average molecular weight is 1800 g/mol. The fourth-order valence-electron chi connectivity index (χ4n) is 17.8. The largest absolute Gasteiger partial charge is 0.463 e. The zero-order chi connectivity index (χ0) is 87.9. The number of allylic oxidation sites excluding steroid dienone is 2. The minimum Gasteiger partial charge on any atom is -0.463 e. The molecule has 32 saturated heterocycles. The maximum atomic E-state index is 13.8. The Morgan fingerprint density at radius 1 is 0.434 bits per heavy atom. The van der Waals surface area contributed by atoms with Crippen molar-refractivity contribution in [1.29, 1.82) is 0 Å². The highest BCUT2D eigenvalue weighted by molar-refractivity contribution is 7.19. The molecule has 33 aliphatic rings. The number of rotatable bonds is 21. The second-order valence-corrected chi connectivity index (χ2v) is 34.6. The highest BCUT2D eigenvalue weighted by atomic mass is 35.5. The van der Waals surface area contributed by atoms with Crippen LogP contribution in [0.25, 0.3) is 10.1 Å². The zero-order valence-electron chi connectivity index (χ0n) is 65.9. The number of unbranched alkanes of at least 4 members (excludes halogenated alkanes) is 1. The number of hydrogen-bond acceptors (Lipinski definition) is 45. The van der Waals surface area contributed by atoms with Crippen LogP contribution in [-0.4, -0.2) is 445 Å². The standard InChI is InChI=1S/C76H113ClO44S/c1-76(2)65(102)26(27(66(76)103)15-13-25(85)14-16-38-41(77)28-10-7-8-11-37(28)122-38)9-5-3-4-6-12-39(86)104-24-36-40-64-56(101)75(112-36)119-63-34(22-83)110-73(54(99)47(63)92)117-61-32(20-81)108-71(52(97)45(61)90)115-59-30(18-79)106-69(50(95)43(59)88)113-57-29(17-78)105-68(49(94)42(57)87)114-58-31(19-80)107-70(51(96)44(58)89)116-60-33(21-82)109-72(53(98)46(60)91)118-62-35(23-84)111-74(55(100)48(62)93)121-67(40)120-64/h3,5,7-8,10-11,25-27,29-36,40,42-64,66-75,78-85,87-101,103H,4,6,9,12-24H2,1-2H3/b5-3-. The van der Waals surface area contributed by atoms with Gasteiger partial charge in [0, 0.05) is 32.7 Å². The van der Waals surface area contributed by atoms with Crippen molar-refractivity contribution < 1.29 is 217 Å². The Bertz CT molecular complexity index is 3700. The third-order valence-electron chi connectivity index (χ3n) is 24.9. The maximum Gasteiger partial charge on any atom is 0.305 e. The molecule has 33 fully saturated rings. The Balaban J connectivity index is 0.707. The third kappa shape index (κ3) is 19.7. The predicted octanol–water partition coefficient (Wildman–Crippen LogP) is -10.3. The van der Waals surface area contributed by atoms with Crippen LogP contribution in [0, 0.1) is 23.2 Å². The molecular formula is C76H113ClO44S. The van der Waals surface area contributed by atoms with Gasteiger partial charge in [0.2, 0.25) is 0 Å². The Labute approximate surface area is 705 Å². The molecule has 1 aliphatic carbocycles. The van der Waals surface area contributed by atoms with Crippen molar-refractivity contribution in [2.24, 2.45) is 23.2 Å². The van der Waals surface area contributed by atoms with Crippen molar-refractivity contribution in [3.63, 3.8) is 0 Å². The number of aryl methyl sites for hydroxylation is 1. The summed E-state index contributed by atoms with van der Waals surface area (Å²) in [4.78, 5) is 28.5. The summed E-state index contributed by atoms with van der Waals surface area (Å²) in [6.45, 7) is -4.95. The third-order valence-corrected chi connectivity index (χ3v) is 26.7. The number of aliphatic hydroxyl groups excluding tert-OH is 24. The first-order valence-electron chi connectivity index (χ1n) is 40.7. The summed E-state index contributed by atoms with van der Waals surface area (Å²) < 4.78 is 107. The molecule has 45 unspecified atom stereocenters. The quantitative estimate of drug-likeness (QED) is 0.0313. The van der Waals surface area contributed by atoms with Crippen molar-refractivity contribution in [1.82, 2.24) is 0 Å². The van der Waals surface area contributed by atoms with Gasteiger partial charge >= 0.3 is 5.97 Å². The molecule has 45 atom stereocenters. The summed E-state index contributed by atoms with van der Waals surface area (Å²) >= 11 is 8.23. The van der Waals surface area contributed by atoms with Gasteiger partial charge in [-0.3, -0.25) is 9.59 Å². The van der Waals surface area contributed by atoms with E-state index in [2.05, 4.69) is 0 Å². The monoisotopic (exact) mass is 1800 g/mol. The van der Waals surface area contributed by atoms with Gasteiger partial charge in [-0.2, -0.15) is 0 Å². The molecule has 44 nitrogen and oxygen atoms in total. The van der Waals surface area contributed by atoms with Gasteiger partial charge < -0.3 is 208 Å². The number of fused-ring (bicyclic) bond motifs is 1. The smallest absolute Gasteiger partial charge is 0.305 e. The van der Waals surface area contributed by atoms with Crippen molar-refractivity contribution >= 4 is 44.8 Å². The molecule has 1 aromatic carbocycles. The van der Waals surface area contributed by atoms with Gasteiger partial charge in [-0.1, -0.05) is 55.8 Å². The first kappa shape index (κ1) is 96.3. The first-order chi connectivity index (χ1) is 58.2. The number of aliphatic hydroxyl groups is 24. The number of ether oxygens (including phenoxy) is 18. The second-order valence-electron chi connectivity index (χ2n) is 33.1. The summed E-state index contributed by atoms with van der Waals surface area (Å²) in [5.41, 5.74) is -1.06. The summed E-state index contributed by atoms with van der Waals surface area (Å²) in [6, 6.07) is 7.75. The molecule has 1 saturated carbocycles. The van der Waals surface area contributed by atoms with Crippen LogP contribution in [-0.2, 0) is 101 Å². The average Bonchev–Trinajstić information content (AvgIpc) is 0.765. The Morgan fingerprint density at radius 3 is 1.13 bits per heavy atom. The number of ketones is 1. The van der Waals surface area contributed by atoms with Crippen LogP contribution in [0.3, 0.4) is 0 Å². The number of benzene rings is 1. The molecule has 2 aromatic rings. The lowest BCUT2D eigenvalue weighted by Gasteiger charge is -2.56. The van der Waals surface area contributed by atoms with Gasteiger partial charge in [0.05, 0.1) is 69.4 Å². The van der Waals surface area contributed by atoms with Gasteiger partial charge in [-0.15, -0.1) is 11.3 Å². The number of esters is 1. The molecule has 46 heteroatoms. The molecule has 18 bridgehead atoms. The molecule has 694 valence electrons. The molecule has 122 heavy (non-hydrogen) atoms.